The Kier molecular flexibility index (Phi) is 6.20. The molecule has 1 heterocycles. The molecule has 1 fully saturated rings. The molecule has 25 heavy (non-hydrogen) atoms. The summed E-state index contributed by atoms with van der Waals surface area (Å²) in [6.07, 6.45) is -0.125. The van der Waals surface area contributed by atoms with E-state index >= 15 is 0 Å². The molecule has 0 spiro atoms. The molecule has 0 bridgehead atoms. The third-order valence-corrected chi connectivity index (χ3v) is 4.91. The van der Waals surface area contributed by atoms with Gasteiger partial charge in [0.2, 0.25) is 0 Å². The van der Waals surface area contributed by atoms with Crippen LogP contribution in [0.1, 0.15) is 18.1 Å². The molecule has 1 saturated heterocycles. The quantitative estimate of drug-likeness (QED) is 0.727. The first-order chi connectivity index (χ1) is 12.3. The molecule has 2 aromatic carbocycles. The summed E-state index contributed by atoms with van der Waals surface area (Å²) >= 11 is 0. The Hall–Kier alpha value is -2.17. The van der Waals surface area contributed by atoms with Crippen molar-refractivity contribution < 1.29 is 9.53 Å². The monoisotopic (exact) mass is 338 g/mol. The normalized spacial score (nSPS) is 20.1. The molecule has 4 nitrogen and oxygen atoms in total. The molecular weight excluding hydrogens is 312 g/mol. The van der Waals surface area contributed by atoms with E-state index in [1.165, 1.54) is 11.1 Å². The van der Waals surface area contributed by atoms with Crippen LogP contribution in [-0.2, 0) is 22.6 Å². The Morgan fingerprint density at radius 3 is 2.20 bits per heavy atom. The van der Waals surface area contributed by atoms with Crippen LogP contribution in [-0.4, -0.2) is 48.1 Å². The minimum absolute atomic E-state index is 0.125. The van der Waals surface area contributed by atoms with Crippen molar-refractivity contribution in [2.45, 2.75) is 32.2 Å². The maximum absolute atomic E-state index is 10.8. The van der Waals surface area contributed by atoms with E-state index in [-0.39, 0.29) is 12.1 Å². The maximum Gasteiger partial charge on any atom is 0.293 e. The molecule has 0 aromatic heterocycles. The predicted octanol–water partition coefficient (Wildman–Crippen LogP) is 2.93. The summed E-state index contributed by atoms with van der Waals surface area (Å²) in [5, 5.41) is 0. The minimum atomic E-state index is -0.125. The van der Waals surface area contributed by atoms with E-state index in [0.717, 1.165) is 32.7 Å². The van der Waals surface area contributed by atoms with Gasteiger partial charge in [-0.25, -0.2) is 0 Å². The molecule has 2 unspecified atom stereocenters. The van der Waals surface area contributed by atoms with Gasteiger partial charge >= 0.3 is 0 Å². The van der Waals surface area contributed by atoms with E-state index in [1.807, 2.05) is 19.1 Å². The lowest BCUT2D eigenvalue weighted by atomic mass is 10.0. The summed E-state index contributed by atoms with van der Waals surface area (Å²) in [5.74, 6) is 0. The van der Waals surface area contributed by atoms with Crippen LogP contribution in [0.15, 0.2) is 60.7 Å². The highest BCUT2D eigenvalue weighted by Gasteiger charge is 2.32. The number of piperazine rings is 1. The van der Waals surface area contributed by atoms with Crippen molar-refractivity contribution in [2.24, 2.45) is 0 Å². The Morgan fingerprint density at radius 1 is 1.00 bits per heavy atom. The van der Waals surface area contributed by atoms with Crippen molar-refractivity contribution in [3.63, 3.8) is 0 Å². The number of rotatable bonds is 7. The number of carbonyl (C=O) groups is 1. The second-order valence-corrected chi connectivity index (χ2v) is 6.68. The van der Waals surface area contributed by atoms with Crippen molar-refractivity contribution in [3.05, 3.63) is 71.8 Å². The molecule has 2 atom stereocenters. The van der Waals surface area contributed by atoms with Gasteiger partial charge in [0.25, 0.3) is 6.47 Å². The van der Waals surface area contributed by atoms with Crippen LogP contribution in [0.4, 0.5) is 0 Å². The Labute approximate surface area is 150 Å². The van der Waals surface area contributed by atoms with Gasteiger partial charge in [0, 0.05) is 32.7 Å². The summed E-state index contributed by atoms with van der Waals surface area (Å²) in [7, 11) is 0. The SMILES string of the molecule is CC(OC=O)C1CN(Cc2ccccc2)CCN1Cc1ccccc1. The number of benzene rings is 2. The first kappa shape index (κ1) is 17.6. The zero-order valence-corrected chi connectivity index (χ0v) is 14.8. The van der Waals surface area contributed by atoms with Crippen LogP contribution >= 0.6 is 0 Å². The lowest BCUT2D eigenvalue weighted by molar-refractivity contribution is -0.137. The third kappa shape index (κ3) is 4.91. The standard InChI is InChI=1S/C21H26N2O2/c1-18(25-17-24)21-16-22(14-19-8-4-2-5-9-19)12-13-23(21)15-20-10-6-3-7-11-20/h2-11,17-18,21H,12-16H2,1H3. The van der Waals surface area contributed by atoms with Crippen molar-refractivity contribution in [2.75, 3.05) is 19.6 Å². The van der Waals surface area contributed by atoms with E-state index in [2.05, 4.69) is 58.3 Å². The van der Waals surface area contributed by atoms with E-state index in [4.69, 9.17) is 4.74 Å². The average molecular weight is 338 g/mol. The summed E-state index contributed by atoms with van der Waals surface area (Å²) in [6.45, 7) is 7.27. The topological polar surface area (TPSA) is 32.8 Å². The molecule has 3 rings (SSSR count). The molecule has 2 aromatic rings. The number of carbonyl (C=O) groups excluding carboxylic acids is 1. The van der Waals surface area contributed by atoms with E-state index in [1.54, 1.807) is 0 Å². The fraction of sp³-hybridized carbons (Fsp3) is 0.381. The van der Waals surface area contributed by atoms with Gasteiger partial charge in [-0.15, -0.1) is 0 Å². The lowest BCUT2D eigenvalue weighted by Crippen LogP contribution is -2.56. The second-order valence-electron chi connectivity index (χ2n) is 6.68. The molecule has 0 amide bonds. The fourth-order valence-electron chi connectivity index (χ4n) is 3.53. The highest BCUT2D eigenvalue weighted by Crippen LogP contribution is 2.19. The Balaban J connectivity index is 1.68. The second kappa shape index (κ2) is 8.79. The summed E-state index contributed by atoms with van der Waals surface area (Å²) in [4.78, 5) is 15.7. The van der Waals surface area contributed by atoms with Crippen LogP contribution in [0.2, 0.25) is 0 Å². The first-order valence-electron chi connectivity index (χ1n) is 8.89. The zero-order valence-electron chi connectivity index (χ0n) is 14.8. The average Bonchev–Trinajstić information content (AvgIpc) is 2.65. The lowest BCUT2D eigenvalue weighted by Gasteiger charge is -2.43. The van der Waals surface area contributed by atoms with Crippen molar-refractivity contribution >= 4 is 6.47 Å². The van der Waals surface area contributed by atoms with Gasteiger partial charge in [0.15, 0.2) is 0 Å². The smallest absolute Gasteiger partial charge is 0.293 e. The molecule has 1 aliphatic heterocycles. The third-order valence-electron chi connectivity index (χ3n) is 4.91. The van der Waals surface area contributed by atoms with Gasteiger partial charge in [0.1, 0.15) is 6.10 Å². The zero-order chi connectivity index (χ0) is 17.5. The number of ether oxygens (including phenoxy) is 1. The fourth-order valence-corrected chi connectivity index (χ4v) is 3.53. The van der Waals surface area contributed by atoms with Crippen molar-refractivity contribution in [1.29, 1.82) is 0 Å². The van der Waals surface area contributed by atoms with E-state index in [0.29, 0.717) is 6.47 Å². The van der Waals surface area contributed by atoms with Crippen LogP contribution < -0.4 is 0 Å². The minimum Gasteiger partial charge on any atom is -0.463 e. The van der Waals surface area contributed by atoms with Gasteiger partial charge in [-0.1, -0.05) is 60.7 Å². The van der Waals surface area contributed by atoms with Crippen molar-refractivity contribution in [1.82, 2.24) is 9.80 Å². The molecule has 0 aliphatic carbocycles. The first-order valence-corrected chi connectivity index (χ1v) is 8.89. The van der Waals surface area contributed by atoms with Crippen molar-refractivity contribution in [3.8, 4) is 0 Å². The van der Waals surface area contributed by atoms with Gasteiger partial charge in [-0.3, -0.25) is 14.6 Å². The van der Waals surface area contributed by atoms with Gasteiger partial charge in [0.05, 0.1) is 6.04 Å². The number of hydrogen-bond donors (Lipinski definition) is 0. The highest BCUT2D eigenvalue weighted by molar-refractivity contribution is 5.37. The predicted molar refractivity (Wildman–Crippen MR) is 99.0 cm³/mol. The van der Waals surface area contributed by atoms with Crippen LogP contribution in [0.5, 0.6) is 0 Å². The molecular formula is C21H26N2O2. The molecule has 4 heteroatoms. The van der Waals surface area contributed by atoms with Gasteiger partial charge in [-0.2, -0.15) is 0 Å². The highest BCUT2D eigenvalue weighted by atomic mass is 16.5. The maximum atomic E-state index is 10.8. The molecule has 1 aliphatic rings. The Morgan fingerprint density at radius 2 is 1.60 bits per heavy atom. The molecule has 132 valence electrons. The van der Waals surface area contributed by atoms with Crippen LogP contribution in [0.25, 0.3) is 0 Å². The largest absolute Gasteiger partial charge is 0.463 e. The van der Waals surface area contributed by atoms with Crippen LogP contribution in [0, 0.1) is 0 Å². The van der Waals surface area contributed by atoms with Crippen LogP contribution in [0.3, 0.4) is 0 Å². The van der Waals surface area contributed by atoms with Gasteiger partial charge < -0.3 is 4.74 Å². The number of nitrogens with zero attached hydrogens (tertiary/aromatic N) is 2. The summed E-state index contributed by atoms with van der Waals surface area (Å²) in [6, 6.07) is 21.2. The molecule has 0 N–H and O–H groups in total. The number of hydrogen-bond acceptors (Lipinski definition) is 4. The molecule has 0 saturated carbocycles. The van der Waals surface area contributed by atoms with E-state index in [9.17, 15) is 4.79 Å². The van der Waals surface area contributed by atoms with Gasteiger partial charge in [-0.05, 0) is 18.1 Å². The summed E-state index contributed by atoms with van der Waals surface area (Å²) in [5.41, 5.74) is 2.61. The Bertz CT molecular complexity index is 647. The molecule has 0 radical (unpaired) electrons. The van der Waals surface area contributed by atoms with E-state index < -0.39 is 0 Å². The summed E-state index contributed by atoms with van der Waals surface area (Å²) < 4.78 is 5.30.